The number of rotatable bonds is 5. The highest BCUT2D eigenvalue weighted by Crippen LogP contribution is 2.31. The van der Waals surface area contributed by atoms with Gasteiger partial charge in [-0.05, 0) is 29.8 Å². The van der Waals surface area contributed by atoms with E-state index in [1.165, 1.54) is 6.07 Å². The summed E-state index contributed by atoms with van der Waals surface area (Å²) in [7, 11) is 0. The predicted molar refractivity (Wildman–Crippen MR) is 81.9 cm³/mol. The number of carbonyl (C=O) groups is 1. The van der Waals surface area contributed by atoms with Crippen LogP contribution in [0.15, 0.2) is 71.1 Å². The second kappa shape index (κ2) is 6.18. The Morgan fingerprint density at radius 1 is 0.955 bits per heavy atom. The number of aromatic carboxylic acids is 1. The molecule has 4 heteroatoms. The first kappa shape index (κ1) is 13.9. The summed E-state index contributed by atoms with van der Waals surface area (Å²) in [6.45, 7) is 0.435. The first-order chi connectivity index (χ1) is 10.7. The summed E-state index contributed by atoms with van der Waals surface area (Å²) in [5.41, 5.74) is 1.79. The zero-order valence-electron chi connectivity index (χ0n) is 11.7. The molecule has 1 aromatic heterocycles. The minimum atomic E-state index is -1.09. The summed E-state index contributed by atoms with van der Waals surface area (Å²) in [6, 6.07) is 20.3. The molecule has 3 rings (SSSR count). The maximum Gasteiger partial charge on any atom is 0.371 e. The molecule has 0 unspecified atom stereocenters. The highest BCUT2D eigenvalue weighted by atomic mass is 16.5. The summed E-state index contributed by atoms with van der Waals surface area (Å²) in [5, 5.41) is 8.94. The van der Waals surface area contributed by atoms with Crippen molar-refractivity contribution in [3.05, 3.63) is 78.1 Å². The molecule has 0 saturated carbocycles. The van der Waals surface area contributed by atoms with Crippen LogP contribution in [0.5, 0.6) is 5.75 Å². The van der Waals surface area contributed by atoms with Gasteiger partial charge in [0.15, 0.2) is 0 Å². The van der Waals surface area contributed by atoms with Crippen molar-refractivity contribution in [3.63, 3.8) is 0 Å². The summed E-state index contributed by atoms with van der Waals surface area (Å²) in [4.78, 5) is 10.9. The molecule has 2 aromatic carbocycles. The number of hydrogen-bond donors (Lipinski definition) is 1. The van der Waals surface area contributed by atoms with Crippen LogP contribution in [0.25, 0.3) is 11.3 Å². The first-order valence-electron chi connectivity index (χ1n) is 6.83. The van der Waals surface area contributed by atoms with Gasteiger partial charge in [0.25, 0.3) is 0 Å². The Morgan fingerprint density at radius 3 is 2.41 bits per heavy atom. The van der Waals surface area contributed by atoms with Crippen LogP contribution in [0.3, 0.4) is 0 Å². The predicted octanol–water partition coefficient (Wildman–Crippen LogP) is 4.22. The number of hydrogen-bond acceptors (Lipinski definition) is 3. The van der Waals surface area contributed by atoms with Crippen molar-refractivity contribution in [2.24, 2.45) is 0 Å². The fourth-order valence-corrected chi connectivity index (χ4v) is 2.13. The van der Waals surface area contributed by atoms with Gasteiger partial charge >= 0.3 is 5.97 Å². The van der Waals surface area contributed by atoms with Crippen molar-refractivity contribution in [2.75, 3.05) is 0 Å². The van der Waals surface area contributed by atoms with Gasteiger partial charge in [0.1, 0.15) is 18.1 Å². The highest BCUT2D eigenvalue weighted by molar-refractivity contribution is 5.85. The number of carboxylic acids is 1. The van der Waals surface area contributed by atoms with E-state index in [0.717, 1.165) is 11.1 Å². The summed E-state index contributed by atoms with van der Waals surface area (Å²) >= 11 is 0. The molecular formula is C18H14O4. The van der Waals surface area contributed by atoms with Crippen molar-refractivity contribution in [3.8, 4) is 17.1 Å². The fraction of sp³-hybridized carbons (Fsp3) is 0.0556. The summed E-state index contributed by atoms with van der Waals surface area (Å²) in [5.74, 6) is -0.0551. The van der Waals surface area contributed by atoms with E-state index >= 15 is 0 Å². The summed E-state index contributed by atoms with van der Waals surface area (Å²) in [6.07, 6.45) is 0. The van der Waals surface area contributed by atoms with Crippen LogP contribution in [0.4, 0.5) is 0 Å². The Labute approximate surface area is 127 Å². The zero-order valence-corrected chi connectivity index (χ0v) is 11.7. The number of para-hydroxylation sites is 1. The Morgan fingerprint density at radius 2 is 1.68 bits per heavy atom. The maximum atomic E-state index is 10.9. The minimum absolute atomic E-state index is 0.0899. The molecule has 0 saturated heterocycles. The number of benzene rings is 2. The number of carboxylic acid groups (broad SMARTS) is 1. The lowest BCUT2D eigenvalue weighted by Gasteiger charge is -2.10. The molecule has 22 heavy (non-hydrogen) atoms. The van der Waals surface area contributed by atoms with Gasteiger partial charge in [0.2, 0.25) is 5.76 Å². The third-order valence-electron chi connectivity index (χ3n) is 3.21. The lowest BCUT2D eigenvalue weighted by atomic mass is 10.1. The van der Waals surface area contributed by atoms with Crippen molar-refractivity contribution >= 4 is 5.97 Å². The Kier molecular flexibility index (Phi) is 3.92. The Balaban J connectivity index is 1.84. The SMILES string of the molecule is O=C(O)c1ccc(-c2ccccc2OCc2ccccc2)o1. The quantitative estimate of drug-likeness (QED) is 0.765. The summed E-state index contributed by atoms with van der Waals surface area (Å²) < 4.78 is 11.2. The van der Waals surface area contributed by atoms with Crippen molar-refractivity contribution in [2.45, 2.75) is 6.61 Å². The van der Waals surface area contributed by atoms with E-state index in [4.69, 9.17) is 14.3 Å². The molecule has 0 radical (unpaired) electrons. The Bertz CT molecular complexity index is 775. The minimum Gasteiger partial charge on any atom is -0.488 e. The van der Waals surface area contributed by atoms with E-state index in [2.05, 4.69) is 0 Å². The molecule has 0 bridgehead atoms. The van der Waals surface area contributed by atoms with Crippen molar-refractivity contribution in [1.29, 1.82) is 0 Å². The third kappa shape index (κ3) is 3.01. The number of furan rings is 1. The topological polar surface area (TPSA) is 59.7 Å². The molecule has 0 aliphatic rings. The molecule has 0 aliphatic heterocycles. The second-order valence-corrected chi connectivity index (χ2v) is 4.74. The molecule has 3 aromatic rings. The average molecular weight is 294 g/mol. The van der Waals surface area contributed by atoms with Gasteiger partial charge in [-0.15, -0.1) is 0 Å². The molecule has 0 amide bonds. The van der Waals surface area contributed by atoms with Gasteiger partial charge in [0.05, 0.1) is 5.56 Å². The molecule has 0 spiro atoms. The van der Waals surface area contributed by atoms with E-state index in [1.807, 2.05) is 54.6 Å². The van der Waals surface area contributed by atoms with E-state index in [9.17, 15) is 4.79 Å². The van der Waals surface area contributed by atoms with Crippen LogP contribution >= 0.6 is 0 Å². The normalized spacial score (nSPS) is 10.4. The van der Waals surface area contributed by atoms with Crippen LogP contribution < -0.4 is 4.74 Å². The zero-order chi connectivity index (χ0) is 15.4. The monoisotopic (exact) mass is 294 g/mol. The molecule has 4 nitrogen and oxygen atoms in total. The third-order valence-corrected chi connectivity index (χ3v) is 3.21. The van der Waals surface area contributed by atoms with Crippen LogP contribution in [-0.4, -0.2) is 11.1 Å². The average Bonchev–Trinajstić information content (AvgIpc) is 3.04. The van der Waals surface area contributed by atoms with Gasteiger partial charge in [-0.2, -0.15) is 0 Å². The van der Waals surface area contributed by atoms with E-state index in [1.54, 1.807) is 6.07 Å². The van der Waals surface area contributed by atoms with Crippen LogP contribution in [0, 0.1) is 0 Å². The maximum absolute atomic E-state index is 10.9. The van der Waals surface area contributed by atoms with E-state index in [-0.39, 0.29) is 5.76 Å². The standard InChI is InChI=1S/C18H14O4/c19-18(20)17-11-10-16(22-17)14-8-4-5-9-15(14)21-12-13-6-2-1-3-7-13/h1-11H,12H2,(H,19,20). The fourth-order valence-electron chi connectivity index (χ4n) is 2.13. The molecule has 110 valence electrons. The van der Waals surface area contributed by atoms with Crippen LogP contribution in [-0.2, 0) is 6.61 Å². The highest BCUT2D eigenvalue weighted by Gasteiger charge is 2.13. The van der Waals surface area contributed by atoms with E-state index < -0.39 is 5.97 Å². The molecule has 0 atom stereocenters. The van der Waals surface area contributed by atoms with Gasteiger partial charge < -0.3 is 14.3 Å². The molecule has 1 heterocycles. The van der Waals surface area contributed by atoms with Crippen LogP contribution in [0.1, 0.15) is 16.1 Å². The smallest absolute Gasteiger partial charge is 0.371 e. The Hall–Kier alpha value is -3.01. The molecule has 0 fully saturated rings. The lowest BCUT2D eigenvalue weighted by molar-refractivity contribution is 0.0663. The number of ether oxygens (including phenoxy) is 1. The van der Waals surface area contributed by atoms with Crippen LogP contribution in [0.2, 0.25) is 0 Å². The van der Waals surface area contributed by atoms with Gasteiger partial charge in [-0.1, -0.05) is 42.5 Å². The lowest BCUT2D eigenvalue weighted by Crippen LogP contribution is -1.96. The van der Waals surface area contributed by atoms with Gasteiger partial charge in [-0.3, -0.25) is 0 Å². The first-order valence-corrected chi connectivity index (χ1v) is 6.83. The largest absolute Gasteiger partial charge is 0.488 e. The molecular weight excluding hydrogens is 280 g/mol. The molecule has 1 N–H and O–H groups in total. The van der Waals surface area contributed by atoms with Gasteiger partial charge in [0, 0.05) is 0 Å². The van der Waals surface area contributed by atoms with Crippen molar-refractivity contribution < 1.29 is 19.1 Å². The molecule has 0 aliphatic carbocycles. The van der Waals surface area contributed by atoms with Crippen molar-refractivity contribution in [1.82, 2.24) is 0 Å². The van der Waals surface area contributed by atoms with Gasteiger partial charge in [-0.25, -0.2) is 4.79 Å². The second-order valence-electron chi connectivity index (χ2n) is 4.74. The van der Waals surface area contributed by atoms with E-state index in [0.29, 0.717) is 18.1 Å².